The molecule has 0 amide bonds. The minimum absolute atomic E-state index is 0.0813. The van der Waals surface area contributed by atoms with Crippen LogP contribution in [-0.2, 0) is 13.0 Å². The number of aromatic hydroxyl groups is 1. The highest BCUT2D eigenvalue weighted by molar-refractivity contribution is 5.62. The van der Waals surface area contributed by atoms with Crippen LogP contribution in [0.1, 0.15) is 17.7 Å². The Bertz CT molecular complexity index is 911. The molecule has 3 aromatic rings. The van der Waals surface area contributed by atoms with Crippen LogP contribution < -0.4 is 10.1 Å². The van der Waals surface area contributed by atoms with Crippen LogP contribution in [0.4, 0.5) is 4.39 Å². The molecule has 0 radical (unpaired) electrons. The number of rotatable bonds is 5. The van der Waals surface area contributed by atoms with E-state index < -0.39 is 0 Å². The zero-order valence-corrected chi connectivity index (χ0v) is 14.9. The predicted molar refractivity (Wildman–Crippen MR) is 102 cm³/mol. The van der Waals surface area contributed by atoms with Crippen LogP contribution in [0.2, 0.25) is 0 Å². The third-order valence-corrected chi connectivity index (χ3v) is 4.76. The van der Waals surface area contributed by atoms with Crippen molar-refractivity contribution in [2.45, 2.75) is 25.5 Å². The number of phenolic OH excluding ortho intramolecular Hbond substituents is 1. The van der Waals surface area contributed by atoms with Gasteiger partial charge < -0.3 is 15.2 Å². The molecular weight excluding hydrogens is 343 g/mol. The van der Waals surface area contributed by atoms with Crippen molar-refractivity contribution < 1.29 is 14.2 Å². The highest BCUT2D eigenvalue weighted by atomic mass is 19.1. The second-order valence-electron chi connectivity index (χ2n) is 6.75. The second-order valence-corrected chi connectivity index (χ2v) is 6.75. The van der Waals surface area contributed by atoms with Gasteiger partial charge in [-0.05, 0) is 48.2 Å². The SMILES string of the molecule is Oc1ccc2c(c1)O[C@H](CNCc1ccc(-c3ccc(F)cc3)cn1)CC2. The number of nitrogens with one attached hydrogen (secondary N) is 1. The molecule has 0 aliphatic carbocycles. The largest absolute Gasteiger partial charge is 0.508 e. The first-order chi connectivity index (χ1) is 13.2. The summed E-state index contributed by atoms with van der Waals surface area (Å²) in [5, 5.41) is 13.0. The van der Waals surface area contributed by atoms with E-state index in [2.05, 4.69) is 10.3 Å². The molecule has 0 unspecified atom stereocenters. The van der Waals surface area contributed by atoms with Crippen LogP contribution in [-0.4, -0.2) is 22.7 Å². The number of phenols is 1. The molecular formula is C22H21FN2O2. The first kappa shape index (κ1) is 17.5. The number of fused-ring (bicyclic) bond motifs is 1. The number of hydrogen-bond donors (Lipinski definition) is 2. The standard InChI is InChI=1S/C22H21FN2O2/c23-18-6-1-15(2-7-18)17-3-8-19(25-12-17)13-24-14-21-10-5-16-4-9-20(26)11-22(16)27-21/h1-4,6-9,11-12,21,24,26H,5,10,13-14H2/t21-/m0/s1. The van der Waals surface area contributed by atoms with Gasteiger partial charge in [0.1, 0.15) is 23.4 Å². The molecule has 1 aliphatic rings. The molecule has 4 nitrogen and oxygen atoms in total. The Kier molecular flexibility index (Phi) is 5.03. The monoisotopic (exact) mass is 364 g/mol. The van der Waals surface area contributed by atoms with E-state index in [0.29, 0.717) is 6.54 Å². The summed E-state index contributed by atoms with van der Waals surface area (Å²) in [6, 6.07) is 15.7. The number of benzene rings is 2. The predicted octanol–water partition coefficient (Wildman–Crippen LogP) is 4.08. The lowest BCUT2D eigenvalue weighted by Gasteiger charge is -2.26. The highest BCUT2D eigenvalue weighted by Gasteiger charge is 2.19. The lowest BCUT2D eigenvalue weighted by atomic mass is 10.0. The van der Waals surface area contributed by atoms with Gasteiger partial charge in [0.25, 0.3) is 0 Å². The topological polar surface area (TPSA) is 54.4 Å². The minimum atomic E-state index is -0.240. The van der Waals surface area contributed by atoms with Gasteiger partial charge in [-0.2, -0.15) is 0 Å². The molecule has 4 rings (SSSR count). The summed E-state index contributed by atoms with van der Waals surface area (Å²) in [6.45, 7) is 1.37. The van der Waals surface area contributed by atoms with Crippen LogP contribution in [0.5, 0.6) is 11.5 Å². The molecule has 0 saturated heterocycles. The van der Waals surface area contributed by atoms with E-state index in [4.69, 9.17) is 4.74 Å². The van der Waals surface area contributed by atoms with E-state index >= 15 is 0 Å². The number of ether oxygens (including phenoxy) is 1. The maximum absolute atomic E-state index is 13.0. The zero-order valence-electron chi connectivity index (χ0n) is 14.9. The quantitative estimate of drug-likeness (QED) is 0.716. The van der Waals surface area contributed by atoms with Crippen molar-refractivity contribution in [3.05, 3.63) is 77.9 Å². The molecule has 0 fully saturated rings. The first-order valence-electron chi connectivity index (χ1n) is 9.07. The fourth-order valence-electron chi connectivity index (χ4n) is 3.26. The maximum Gasteiger partial charge on any atom is 0.126 e. The molecule has 2 aromatic carbocycles. The van der Waals surface area contributed by atoms with Crippen LogP contribution in [0.25, 0.3) is 11.1 Å². The normalized spacial score (nSPS) is 15.8. The Hall–Kier alpha value is -2.92. The molecule has 0 saturated carbocycles. The van der Waals surface area contributed by atoms with Gasteiger partial charge in [-0.15, -0.1) is 0 Å². The van der Waals surface area contributed by atoms with Crippen molar-refractivity contribution in [1.82, 2.24) is 10.3 Å². The molecule has 5 heteroatoms. The number of aromatic nitrogens is 1. The molecule has 1 atom stereocenters. The van der Waals surface area contributed by atoms with Crippen molar-refractivity contribution in [1.29, 1.82) is 0 Å². The fraction of sp³-hybridized carbons (Fsp3) is 0.227. The van der Waals surface area contributed by atoms with Gasteiger partial charge in [0, 0.05) is 30.9 Å². The number of pyridine rings is 1. The molecule has 0 bridgehead atoms. The lowest BCUT2D eigenvalue weighted by molar-refractivity contribution is 0.169. The van der Waals surface area contributed by atoms with Gasteiger partial charge >= 0.3 is 0 Å². The van der Waals surface area contributed by atoms with Gasteiger partial charge in [0.2, 0.25) is 0 Å². The number of aryl methyl sites for hydroxylation is 1. The maximum atomic E-state index is 13.0. The molecule has 2 heterocycles. The molecule has 138 valence electrons. The third-order valence-electron chi connectivity index (χ3n) is 4.76. The van der Waals surface area contributed by atoms with E-state index in [1.807, 2.05) is 18.2 Å². The lowest BCUT2D eigenvalue weighted by Crippen LogP contribution is -2.34. The summed E-state index contributed by atoms with van der Waals surface area (Å²) in [4.78, 5) is 4.48. The van der Waals surface area contributed by atoms with E-state index in [0.717, 1.165) is 47.5 Å². The zero-order chi connectivity index (χ0) is 18.6. The van der Waals surface area contributed by atoms with Crippen molar-refractivity contribution in [2.24, 2.45) is 0 Å². The average molecular weight is 364 g/mol. The Balaban J connectivity index is 1.30. The van der Waals surface area contributed by atoms with Crippen molar-refractivity contribution in [3.63, 3.8) is 0 Å². The van der Waals surface area contributed by atoms with Crippen LogP contribution in [0, 0.1) is 5.82 Å². The number of halogens is 1. The van der Waals surface area contributed by atoms with E-state index in [-0.39, 0.29) is 17.7 Å². The number of nitrogens with zero attached hydrogens (tertiary/aromatic N) is 1. The van der Waals surface area contributed by atoms with Crippen LogP contribution in [0.15, 0.2) is 60.8 Å². The van der Waals surface area contributed by atoms with Crippen LogP contribution in [0.3, 0.4) is 0 Å². The first-order valence-corrected chi connectivity index (χ1v) is 9.07. The van der Waals surface area contributed by atoms with Gasteiger partial charge in [-0.3, -0.25) is 4.98 Å². The van der Waals surface area contributed by atoms with Crippen molar-refractivity contribution >= 4 is 0 Å². The minimum Gasteiger partial charge on any atom is -0.508 e. The fourth-order valence-corrected chi connectivity index (χ4v) is 3.26. The van der Waals surface area contributed by atoms with E-state index in [1.165, 1.54) is 12.1 Å². The van der Waals surface area contributed by atoms with E-state index in [9.17, 15) is 9.50 Å². The van der Waals surface area contributed by atoms with Gasteiger partial charge in [-0.25, -0.2) is 4.39 Å². The molecule has 27 heavy (non-hydrogen) atoms. The summed E-state index contributed by atoms with van der Waals surface area (Å²) in [7, 11) is 0. The van der Waals surface area contributed by atoms with Gasteiger partial charge in [-0.1, -0.05) is 24.3 Å². The highest BCUT2D eigenvalue weighted by Crippen LogP contribution is 2.30. The van der Waals surface area contributed by atoms with Gasteiger partial charge in [0.15, 0.2) is 0 Å². The summed E-state index contributed by atoms with van der Waals surface area (Å²) < 4.78 is 19.0. The Morgan fingerprint density at radius 3 is 2.67 bits per heavy atom. The summed E-state index contributed by atoms with van der Waals surface area (Å²) in [5.74, 6) is 0.762. The Morgan fingerprint density at radius 2 is 1.89 bits per heavy atom. The molecule has 1 aromatic heterocycles. The molecule has 0 spiro atoms. The van der Waals surface area contributed by atoms with E-state index in [1.54, 1.807) is 30.5 Å². The third kappa shape index (κ3) is 4.26. The number of hydrogen-bond acceptors (Lipinski definition) is 4. The summed E-state index contributed by atoms with van der Waals surface area (Å²) in [5.41, 5.74) is 3.99. The van der Waals surface area contributed by atoms with Gasteiger partial charge in [0.05, 0.1) is 5.69 Å². The Labute approximate surface area is 157 Å². The smallest absolute Gasteiger partial charge is 0.126 e. The Morgan fingerprint density at radius 1 is 1.07 bits per heavy atom. The summed E-state index contributed by atoms with van der Waals surface area (Å²) >= 11 is 0. The molecule has 2 N–H and O–H groups in total. The second kappa shape index (κ2) is 7.76. The van der Waals surface area contributed by atoms with Crippen LogP contribution >= 0.6 is 0 Å². The average Bonchev–Trinajstić information content (AvgIpc) is 2.69. The van der Waals surface area contributed by atoms with Crippen molar-refractivity contribution in [3.8, 4) is 22.6 Å². The summed E-state index contributed by atoms with van der Waals surface area (Å²) in [6.07, 6.45) is 3.78. The molecule has 1 aliphatic heterocycles. The van der Waals surface area contributed by atoms with Crippen molar-refractivity contribution in [2.75, 3.05) is 6.54 Å².